The van der Waals surface area contributed by atoms with E-state index in [0.29, 0.717) is 13.2 Å². The molecule has 0 saturated carbocycles. The molecule has 1 heterocycles. The van der Waals surface area contributed by atoms with Crippen LogP contribution in [0.25, 0.3) is 10.9 Å². The number of hydrogen-bond acceptors (Lipinski definition) is 4. The predicted octanol–water partition coefficient (Wildman–Crippen LogP) is 3.01. The van der Waals surface area contributed by atoms with Crippen molar-refractivity contribution in [3.63, 3.8) is 0 Å². The smallest absolute Gasteiger partial charge is 0.320 e. The van der Waals surface area contributed by atoms with E-state index >= 15 is 0 Å². The zero-order chi connectivity index (χ0) is 15.1. The number of ether oxygens (including phenoxy) is 1. The van der Waals surface area contributed by atoms with E-state index in [2.05, 4.69) is 22.9 Å². The van der Waals surface area contributed by atoms with Crippen LogP contribution in [0.3, 0.4) is 0 Å². The first kappa shape index (κ1) is 15.4. The van der Waals surface area contributed by atoms with Gasteiger partial charge in [0.25, 0.3) is 0 Å². The molecule has 0 unspecified atom stereocenters. The van der Waals surface area contributed by atoms with E-state index in [-0.39, 0.29) is 5.97 Å². The van der Waals surface area contributed by atoms with E-state index in [1.165, 1.54) is 5.56 Å². The van der Waals surface area contributed by atoms with Crippen molar-refractivity contribution >= 4 is 16.9 Å². The number of para-hydroxylation sites is 1. The maximum atomic E-state index is 11.7. The van der Waals surface area contributed by atoms with Gasteiger partial charge in [-0.1, -0.05) is 25.1 Å². The second-order valence-corrected chi connectivity index (χ2v) is 5.00. The van der Waals surface area contributed by atoms with Crippen LogP contribution in [0, 0.1) is 0 Å². The molecular formula is C17H22N2O2. The van der Waals surface area contributed by atoms with Crippen LogP contribution in [-0.2, 0) is 16.1 Å². The van der Waals surface area contributed by atoms with Gasteiger partial charge in [-0.15, -0.1) is 0 Å². The molecule has 0 amide bonds. The molecule has 112 valence electrons. The number of fused-ring (bicyclic) bond motifs is 1. The van der Waals surface area contributed by atoms with E-state index in [1.807, 2.05) is 37.4 Å². The van der Waals surface area contributed by atoms with Gasteiger partial charge in [0.05, 0.1) is 18.7 Å². The van der Waals surface area contributed by atoms with Crippen LogP contribution >= 0.6 is 0 Å². The van der Waals surface area contributed by atoms with Gasteiger partial charge in [-0.05, 0) is 37.6 Å². The third kappa shape index (κ3) is 4.26. The van der Waals surface area contributed by atoms with Gasteiger partial charge >= 0.3 is 5.97 Å². The highest BCUT2D eigenvalue weighted by Crippen LogP contribution is 2.18. The van der Waals surface area contributed by atoms with Crippen LogP contribution in [0.5, 0.6) is 0 Å². The molecule has 2 rings (SSSR count). The highest BCUT2D eigenvalue weighted by Gasteiger charge is 2.12. The van der Waals surface area contributed by atoms with Crippen LogP contribution in [-0.4, -0.2) is 35.5 Å². The van der Waals surface area contributed by atoms with Crippen molar-refractivity contribution in [3.8, 4) is 0 Å². The summed E-state index contributed by atoms with van der Waals surface area (Å²) in [5.41, 5.74) is 2.18. The molecule has 1 aromatic carbocycles. The Balaban J connectivity index is 2.16. The quantitative estimate of drug-likeness (QED) is 0.734. The van der Waals surface area contributed by atoms with E-state index in [9.17, 15) is 4.79 Å². The Labute approximate surface area is 125 Å². The molecule has 0 aliphatic carbocycles. The Morgan fingerprint density at radius 2 is 2.05 bits per heavy atom. The van der Waals surface area contributed by atoms with Crippen molar-refractivity contribution in [2.75, 3.05) is 19.7 Å². The first-order valence-corrected chi connectivity index (χ1v) is 7.45. The summed E-state index contributed by atoms with van der Waals surface area (Å²) >= 11 is 0. The Kier molecular flexibility index (Phi) is 5.69. The summed E-state index contributed by atoms with van der Waals surface area (Å²) in [6, 6.07) is 10.1. The Hall–Kier alpha value is -1.94. The number of pyridine rings is 1. The fourth-order valence-corrected chi connectivity index (χ4v) is 2.45. The highest BCUT2D eigenvalue weighted by molar-refractivity contribution is 5.81. The number of benzene rings is 1. The number of carbonyl (C=O) groups excluding carboxylic acids is 1. The summed E-state index contributed by atoms with van der Waals surface area (Å²) in [5, 5.41) is 1.14. The van der Waals surface area contributed by atoms with Gasteiger partial charge in [0.15, 0.2) is 0 Å². The maximum absolute atomic E-state index is 11.7. The van der Waals surface area contributed by atoms with Crippen molar-refractivity contribution in [3.05, 3.63) is 42.1 Å². The van der Waals surface area contributed by atoms with Gasteiger partial charge in [-0.2, -0.15) is 0 Å². The minimum Gasteiger partial charge on any atom is -0.465 e. The molecule has 0 bridgehead atoms. The van der Waals surface area contributed by atoms with Crippen molar-refractivity contribution < 1.29 is 9.53 Å². The molecule has 0 aliphatic rings. The SMILES string of the molecule is CCCN(CC(=O)OCC)Cc1ccnc2ccccc12. The standard InChI is InChI=1S/C17H22N2O2/c1-3-11-19(13-17(20)21-4-2)12-14-9-10-18-16-8-6-5-7-15(14)16/h5-10H,3-4,11-13H2,1-2H3. The van der Waals surface area contributed by atoms with Crippen LogP contribution in [0.1, 0.15) is 25.8 Å². The Bertz CT molecular complexity index is 593. The van der Waals surface area contributed by atoms with E-state index in [0.717, 1.165) is 30.4 Å². The van der Waals surface area contributed by atoms with Gasteiger partial charge in [0.2, 0.25) is 0 Å². The Morgan fingerprint density at radius 3 is 2.81 bits per heavy atom. The third-order valence-electron chi connectivity index (χ3n) is 3.33. The first-order valence-electron chi connectivity index (χ1n) is 7.45. The summed E-state index contributed by atoms with van der Waals surface area (Å²) in [6.45, 7) is 6.31. The largest absolute Gasteiger partial charge is 0.465 e. The maximum Gasteiger partial charge on any atom is 0.320 e. The van der Waals surface area contributed by atoms with Crippen LogP contribution < -0.4 is 0 Å². The molecule has 21 heavy (non-hydrogen) atoms. The minimum atomic E-state index is -0.163. The normalized spacial score (nSPS) is 11.0. The van der Waals surface area contributed by atoms with Crippen molar-refractivity contribution in [1.29, 1.82) is 0 Å². The van der Waals surface area contributed by atoms with Crippen LogP contribution in [0.2, 0.25) is 0 Å². The first-order chi connectivity index (χ1) is 10.2. The monoisotopic (exact) mass is 286 g/mol. The summed E-state index contributed by atoms with van der Waals surface area (Å²) in [6.07, 6.45) is 2.83. The van der Waals surface area contributed by atoms with Gasteiger partial charge in [0.1, 0.15) is 0 Å². The number of nitrogens with zero attached hydrogens (tertiary/aromatic N) is 2. The summed E-state index contributed by atoms with van der Waals surface area (Å²) in [5.74, 6) is -0.163. The lowest BCUT2D eigenvalue weighted by Crippen LogP contribution is -2.31. The molecule has 4 heteroatoms. The third-order valence-corrected chi connectivity index (χ3v) is 3.33. The fraction of sp³-hybridized carbons (Fsp3) is 0.412. The molecular weight excluding hydrogens is 264 g/mol. The van der Waals surface area contributed by atoms with Crippen LogP contribution in [0.15, 0.2) is 36.5 Å². The molecule has 0 saturated heterocycles. The highest BCUT2D eigenvalue weighted by atomic mass is 16.5. The molecule has 0 radical (unpaired) electrons. The zero-order valence-corrected chi connectivity index (χ0v) is 12.7. The number of hydrogen-bond donors (Lipinski definition) is 0. The lowest BCUT2D eigenvalue weighted by atomic mass is 10.1. The molecule has 2 aromatic rings. The fourth-order valence-electron chi connectivity index (χ4n) is 2.45. The molecule has 1 aromatic heterocycles. The molecule has 0 spiro atoms. The number of esters is 1. The molecule has 0 aliphatic heterocycles. The predicted molar refractivity (Wildman–Crippen MR) is 83.9 cm³/mol. The van der Waals surface area contributed by atoms with E-state index in [1.54, 1.807) is 0 Å². The second-order valence-electron chi connectivity index (χ2n) is 5.00. The van der Waals surface area contributed by atoms with Gasteiger partial charge in [-0.25, -0.2) is 0 Å². The number of rotatable bonds is 7. The number of aromatic nitrogens is 1. The number of carbonyl (C=O) groups is 1. The van der Waals surface area contributed by atoms with Crippen molar-refractivity contribution in [1.82, 2.24) is 9.88 Å². The molecule has 0 fully saturated rings. The van der Waals surface area contributed by atoms with Gasteiger partial charge in [-0.3, -0.25) is 14.7 Å². The summed E-state index contributed by atoms with van der Waals surface area (Å²) in [7, 11) is 0. The topological polar surface area (TPSA) is 42.4 Å². The summed E-state index contributed by atoms with van der Waals surface area (Å²) < 4.78 is 5.05. The van der Waals surface area contributed by atoms with Gasteiger partial charge < -0.3 is 4.74 Å². The van der Waals surface area contributed by atoms with Crippen molar-refractivity contribution in [2.24, 2.45) is 0 Å². The average molecular weight is 286 g/mol. The van der Waals surface area contributed by atoms with Crippen LogP contribution in [0.4, 0.5) is 0 Å². The van der Waals surface area contributed by atoms with E-state index in [4.69, 9.17) is 4.74 Å². The minimum absolute atomic E-state index is 0.163. The zero-order valence-electron chi connectivity index (χ0n) is 12.7. The lowest BCUT2D eigenvalue weighted by molar-refractivity contribution is -0.144. The summed E-state index contributed by atoms with van der Waals surface area (Å²) in [4.78, 5) is 18.2. The molecule has 0 atom stereocenters. The lowest BCUT2D eigenvalue weighted by Gasteiger charge is -2.21. The van der Waals surface area contributed by atoms with E-state index < -0.39 is 0 Å². The Morgan fingerprint density at radius 1 is 1.24 bits per heavy atom. The molecule has 4 nitrogen and oxygen atoms in total. The second kappa shape index (κ2) is 7.74. The van der Waals surface area contributed by atoms with Crippen molar-refractivity contribution in [2.45, 2.75) is 26.8 Å². The average Bonchev–Trinajstić information content (AvgIpc) is 2.48. The van der Waals surface area contributed by atoms with Gasteiger partial charge in [0, 0.05) is 18.1 Å². The molecule has 0 N–H and O–H groups in total.